The average Bonchev–Trinajstić information content (AvgIpc) is 2.92. The van der Waals surface area contributed by atoms with Crippen LogP contribution in [0.2, 0.25) is 0 Å². The normalized spacial score (nSPS) is 16.9. The number of carbonyl (C=O) groups is 1. The van der Waals surface area contributed by atoms with E-state index in [2.05, 4.69) is 33.1 Å². The van der Waals surface area contributed by atoms with E-state index in [4.69, 9.17) is 0 Å². The Morgan fingerprint density at radius 2 is 2.33 bits per heavy atom. The Kier molecular flexibility index (Phi) is 4.20. The fourth-order valence-corrected chi connectivity index (χ4v) is 3.26. The van der Waals surface area contributed by atoms with Gasteiger partial charge >= 0.3 is 0 Å². The van der Waals surface area contributed by atoms with Crippen molar-refractivity contribution in [3.8, 4) is 0 Å². The molecule has 4 nitrogen and oxygen atoms in total. The van der Waals surface area contributed by atoms with Crippen LogP contribution in [0.1, 0.15) is 16.3 Å². The van der Waals surface area contributed by atoms with Crippen LogP contribution < -0.4 is 10.6 Å². The lowest BCUT2D eigenvalue weighted by Gasteiger charge is -2.25. The molecule has 1 aromatic carbocycles. The fraction of sp³-hybridized carbons (Fsp3) is 0.375. The van der Waals surface area contributed by atoms with E-state index in [0.29, 0.717) is 13.1 Å². The summed E-state index contributed by atoms with van der Waals surface area (Å²) in [5, 5.41) is 9.49. The number of hydrogen-bond acceptors (Lipinski definition) is 4. The predicted octanol–water partition coefficient (Wildman–Crippen LogP) is 2.39. The van der Waals surface area contributed by atoms with E-state index in [-0.39, 0.29) is 11.8 Å². The zero-order chi connectivity index (χ0) is 14.7. The molecule has 2 N–H and O–H groups in total. The molecule has 21 heavy (non-hydrogen) atoms. The van der Waals surface area contributed by atoms with Crippen LogP contribution in [0.4, 0.5) is 5.69 Å². The highest BCUT2D eigenvalue weighted by atomic mass is 32.1. The molecule has 3 rings (SSSR count). The van der Waals surface area contributed by atoms with Crippen molar-refractivity contribution in [1.29, 1.82) is 0 Å². The molecule has 1 aliphatic rings. The summed E-state index contributed by atoms with van der Waals surface area (Å²) in [4.78, 5) is 16.6. The largest absolute Gasteiger partial charge is 0.384 e. The van der Waals surface area contributed by atoms with Gasteiger partial charge in [-0.2, -0.15) is 0 Å². The van der Waals surface area contributed by atoms with E-state index in [1.807, 2.05) is 19.1 Å². The maximum absolute atomic E-state index is 12.2. The zero-order valence-electron chi connectivity index (χ0n) is 12.1. The number of anilines is 1. The maximum Gasteiger partial charge on any atom is 0.225 e. The van der Waals surface area contributed by atoms with Gasteiger partial charge in [0, 0.05) is 30.6 Å². The highest BCUT2D eigenvalue weighted by Gasteiger charge is 2.23. The third kappa shape index (κ3) is 3.42. The van der Waals surface area contributed by atoms with Gasteiger partial charge < -0.3 is 10.6 Å². The first-order valence-electron chi connectivity index (χ1n) is 7.23. The van der Waals surface area contributed by atoms with Gasteiger partial charge in [-0.1, -0.05) is 18.2 Å². The lowest BCUT2D eigenvalue weighted by atomic mass is 9.93. The Labute approximate surface area is 128 Å². The molecular weight excluding hydrogens is 282 g/mol. The minimum atomic E-state index is 0.0112. The van der Waals surface area contributed by atoms with E-state index in [0.717, 1.165) is 29.2 Å². The van der Waals surface area contributed by atoms with Crippen molar-refractivity contribution < 1.29 is 4.79 Å². The van der Waals surface area contributed by atoms with E-state index < -0.39 is 0 Å². The fourth-order valence-electron chi connectivity index (χ4n) is 2.61. The highest BCUT2D eigenvalue weighted by Crippen LogP contribution is 2.24. The quantitative estimate of drug-likeness (QED) is 0.912. The number of hydrogen-bond donors (Lipinski definition) is 2. The van der Waals surface area contributed by atoms with Crippen molar-refractivity contribution in [2.24, 2.45) is 5.92 Å². The van der Waals surface area contributed by atoms with Gasteiger partial charge in [0.25, 0.3) is 0 Å². The van der Waals surface area contributed by atoms with Crippen molar-refractivity contribution >= 4 is 22.9 Å². The minimum absolute atomic E-state index is 0.0112. The number of aromatic nitrogens is 1. The second-order valence-electron chi connectivity index (χ2n) is 5.34. The molecule has 2 heterocycles. The molecule has 5 heteroatoms. The first kappa shape index (κ1) is 14.1. The number of fused-ring (bicyclic) bond motifs is 1. The average molecular weight is 301 g/mol. The summed E-state index contributed by atoms with van der Waals surface area (Å²) in [6, 6.07) is 8.18. The summed E-state index contributed by atoms with van der Waals surface area (Å²) in [7, 11) is 0. The monoisotopic (exact) mass is 301 g/mol. The standard InChI is InChI=1S/C16H19N3OS/c1-11-19-14(10-21-11)6-7-17-16(20)13-8-12-4-2-3-5-15(12)18-9-13/h2-5,10,13,18H,6-9H2,1H3,(H,17,20). The second-order valence-corrected chi connectivity index (χ2v) is 6.40. The lowest BCUT2D eigenvalue weighted by Crippen LogP contribution is -2.38. The topological polar surface area (TPSA) is 54.0 Å². The Morgan fingerprint density at radius 3 is 3.14 bits per heavy atom. The van der Waals surface area contributed by atoms with Crippen LogP contribution in [0, 0.1) is 12.8 Å². The van der Waals surface area contributed by atoms with Gasteiger partial charge in [0.2, 0.25) is 5.91 Å². The lowest BCUT2D eigenvalue weighted by molar-refractivity contribution is -0.124. The van der Waals surface area contributed by atoms with Crippen LogP contribution in [-0.4, -0.2) is 24.0 Å². The van der Waals surface area contributed by atoms with Crippen molar-refractivity contribution in [3.05, 3.63) is 45.9 Å². The smallest absolute Gasteiger partial charge is 0.225 e. The molecule has 2 aromatic rings. The molecule has 0 bridgehead atoms. The van der Waals surface area contributed by atoms with Crippen molar-refractivity contribution in [2.45, 2.75) is 19.8 Å². The minimum Gasteiger partial charge on any atom is -0.384 e. The third-order valence-corrected chi connectivity index (χ3v) is 4.56. The third-order valence-electron chi connectivity index (χ3n) is 3.74. The Morgan fingerprint density at radius 1 is 1.48 bits per heavy atom. The molecule has 0 spiro atoms. The molecule has 0 radical (unpaired) electrons. The molecule has 0 fully saturated rings. The highest BCUT2D eigenvalue weighted by molar-refractivity contribution is 7.09. The molecule has 1 aromatic heterocycles. The SMILES string of the molecule is Cc1nc(CCNC(=O)C2CNc3ccccc3C2)cs1. The summed E-state index contributed by atoms with van der Waals surface area (Å²) < 4.78 is 0. The summed E-state index contributed by atoms with van der Waals surface area (Å²) >= 11 is 1.65. The first-order chi connectivity index (χ1) is 10.2. The van der Waals surface area contributed by atoms with Crippen LogP contribution >= 0.6 is 11.3 Å². The van der Waals surface area contributed by atoms with Crippen LogP contribution in [-0.2, 0) is 17.6 Å². The van der Waals surface area contributed by atoms with E-state index >= 15 is 0 Å². The maximum atomic E-state index is 12.2. The van der Waals surface area contributed by atoms with Gasteiger partial charge in [0.05, 0.1) is 16.6 Å². The number of amides is 1. The van der Waals surface area contributed by atoms with Crippen LogP contribution in [0.25, 0.3) is 0 Å². The molecule has 110 valence electrons. The van der Waals surface area contributed by atoms with Gasteiger partial charge in [0.15, 0.2) is 0 Å². The Bertz CT molecular complexity index is 638. The van der Waals surface area contributed by atoms with Gasteiger partial charge in [-0.15, -0.1) is 11.3 Å². The number of rotatable bonds is 4. The van der Waals surface area contributed by atoms with Gasteiger partial charge in [0.1, 0.15) is 0 Å². The molecule has 1 amide bonds. The van der Waals surface area contributed by atoms with Gasteiger partial charge in [-0.05, 0) is 25.0 Å². The summed E-state index contributed by atoms with van der Waals surface area (Å²) in [5.74, 6) is 0.140. The molecule has 1 aliphatic heterocycles. The van der Waals surface area contributed by atoms with E-state index in [1.54, 1.807) is 11.3 Å². The van der Waals surface area contributed by atoms with Crippen LogP contribution in [0.5, 0.6) is 0 Å². The Balaban J connectivity index is 1.50. The molecule has 1 unspecified atom stereocenters. The molecule has 0 saturated heterocycles. The van der Waals surface area contributed by atoms with E-state index in [1.165, 1.54) is 5.56 Å². The van der Waals surface area contributed by atoms with Crippen LogP contribution in [0.3, 0.4) is 0 Å². The second kappa shape index (κ2) is 6.26. The summed E-state index contributed by atoms with van der Waals surface area (Å²) in [6.07, 6.45) is 1.61. The van der Waals surface area contributed by atoms with Gasteiger partial charge in [-0.3, -0.25) is 4.79 Å². The number of nitrogens with one attached hydrogen (secondary N) is 2. The number of para-hydroxylation sites is 1. The van der Waals surface area contributed by atoms with Crippen molar-refractivity contribution in [2.75, 3.05) is 18.4 Å². The molecule has 0 saturated carbocycles. The van der Waals surface area contributed by atoms with E-state index in [9.17, 15) is 4.79 Å². The zero-order valence-corrected chi connectivity index (χ0v) is 12.9. The number of nitrogens with zero attached hydrogens (tertiary/aromatic N) is 1. The number of aryl methyl sites for hydroxylation is 1. The van der Waals surface area contributed by atoms with Crippen molar-refractivity contribution in [1.82, 2.24) is 10.3 Å². The Hall–Kier alpha value is -1.88. The number of benzene rings is 1. The van der Waals surface area contributed by atoms with Gasteiger partial charge in [-0.25, -0.2) is 4.98 Å². The predicted molar refractivity (Wildman–Crippen MR) is 85.7 cm³/mol. The number of carbonyl (C=O) groups excluding carboxylic acids is 1. The molecular formula is C16H19N3OS. The first-order valence-corrected chi connectivity index (χ1v) is 8.11. The number of thiazole rings is 1. The molecule has 0 aliphatic carbocycles. The summed E-state index contributed by atoms with van der Waals surface area (Å²) in [5.41, 5.74) is 3.43. The molecule has 1 atom stereocenters. The van der Waals surface area contributed by atoms with Crippen molar-refractivity contribution in [3.63, 3.8) is 0 Å². The summed E-state index contributed by atoms with van der Waals surface area (Å²) in [6.45, 7) is 3.36. The van der Waals surface area contributed by atoms with Crippen LogP contribution in [0.15, 0.2) is 29.6 Å².